The largest absolute Gasteiger partial charge is 0.419 e. The van der Waals surface area contributed by atoms with Gasteiger partial charge in [-0.15, -0.1) is 11.8 Å². The molecule has 0 saturated carbocycles. The maximum atomic E-state index is 13.3. The summed E-state index contributed by atoms with van der Waals surface area (Å²) >= 11 is 1.68. The second kappa shape index (κ2) is 9.42. The van der Waals surface area contributed by atoms with Crippen molar-refractivity contribution in [1.29, 1.82) is 0 Å². The fourth-order valence-electron chi connectivity index (χ4n) is 4.47. The topological polar surface area (TPSA) is 73.9 Å². The van der Waals surface area contributed by atoms with Crippen molar-refractivity contribution in [3.8, 4) is 5.75 Å². The monoisotopic (exact) mass is 454 g/mol. The number of fused-ring (bicyclic) bond motifs is 2. The Labute approximate surface area is 193 Å². The first-order chi connectivity index (χ1) is 15.4. The zero-order valence-electron chi connectivity index (χ0n) is 19.0. The fourth-order valence-corrected chi connectivity index (χ4v) is 5.35. The third-order valence-corrected chi connectivity index (χ3v) is 7.00. The molecule has 2 N–H and O–H groups in total. The zero-order valence-corrected chi connectivity index (χ0v) is 19.8. The number of nitrogens with zero attached hydrogens (tertiary/aromatic N) is 2. The highest BCUT2D eigenvalue weighted by molar-refractivity contribution is 7.99. The van der Waals surface area contributed by atoms with Crippen molar-refractivity contribution in [2.24, 2.45) is 0 Å². The van der Waals surface area contributed by atoms with Crippen LogP contribution in [0.2, 0.25) is 0 Å². The van der Waals surface area contributed by atoms with E-state index in [9.17, 15) is 9.59 Å². The summed E-state index contributed by atoms with van der Waals surface area (Å²) < 4.78 is 5.78. The molecule has 0 aromatic heterocycles. The predicted molar refractivity (Wildman–Crippen MR) is 130 cm³/mol. The minimum absolute atomic E-state index is 0.0371. The highest BCUT2D eigenvalue weighted by atomic mass is 32.2. The maximum Gasteiger partial charge on any atom is 0.419 e. The maximum absolute atomic E-state index is 13.3. The Hall–Kier alpha value is -2.71. The average Bonchev–Trinajstić information content (AvgIpc) is 3.24. The number of carbonyl (C=O) groups excluding carboxylic acids is 2. The highest BCUT2D eigenvalue weighted by Crippen LogP contribution is 2.40. The van der Waals surface area contributed by atoms with Gasteiger partial charge in [0.05, 0.1) is 23.3 Å². The molecule has 32 heavy (non-hydrogen) atoms. The van der Waals surface area contributed by atoms with Crippen LogP contribution in [0.25, 0.3) is 0 Å². The van der Waals surface area contributed by atoms with Crippen LogP contribution < -0.4 is 25.2 Å². The van der Waals surface area contributed by atoms with Crippen LogP contribution in [-0.4, -0.2) is 44.1 Å². The highest BCUT2D eigenvalue weighted by Gasteiger charge is 2.35. The molecule has 170 valence electrons. The van der Waals surface area contributed by atoms with E-state index in [1.807, 2.05) is 44.3 Å². The molecule has 2 amide bonds. The van der Waals surface area contributed by atoms with Crippen LogP contribution in [0.4, 0.5) is 21.9 Å². The number of benzene rings is 2. The number of thioether (sulfide) groups is 1. The van der Waals surface area contributed by atoms with E-state index in [0.29, 0.717) is 23.9 Å². The minimum Gasteiger partial charge on any atom is -0.410 e. The zero-order chi connectivity index (χ0) is 22.8. The van der Waals surface area contributed by atoms with E-state index >= 15 is 0 Å². The first kappa shape index (κ1) is 22.5. The van der Waals surface area contributed by atoms with Crippen molar-refractivity contribution in [3.63, 3.8) is 0 Å². The van der Waals surface area contributed by atoms with E-state index < -0.39 is 6.09 Å². The lowest BCUT2D eigenvalue weighted by Gasteiger charge is -2.40. The van der Waals surface area contributed by atoms with Gasteiger partial charge in [-0.1, -0.05) is 13.0 Å². The van der Waals surface area contributed by atoms with Crippen molar-refractivity contribution < 1.29 is 14.3 Å². The summed E-state index contributed by atoms with van der Waals surface area (Å²) in [4.78, 5) is 30.2. The van der Waals surface area contributed by atoms with Crippen molar-refractivity contribution in [2.75, 3.05) is 41.1 Å². The molecule has 2 aliphatic rings. The summed E-state index contributed by atoms with van der Waals surface area (Å²) in [5, 5.41) is 6.52. The molecule has 2 heterocycles. The summed E-state index contributed by atoms with van der Waals surface area (Å²) in [5.41, 5.74) is 3.65. The number of ether oxygens (including phenoxy) is 1. The van der Waals surface area contributed by atoms with Crippen LogP contribution in [0.15, 0.2) is 41.3 Å². The van der Waals surface area contributed by atoms with Crippen LogP contribution in [0, 0.1) is 0 Å². The molecule has 2 atom stereocenters. The Morgan fingerprint density at radius 2 is 2.06 bits per heavy atom. The number of amides is 2. The lowest BCUT2D eigenvalue weighted by molar-refractivity contribution is -0.117. The van der Waals surface area contributed by atoms with E-state index in [2.05, 4.69) is 23.6 Å². The molecule has 0 fully saturated rings. The number of nitrogens with one attached hydrogen (secondary N) is 2. The first-order valence-corrected chi connectivity index (χ1v) is 12.0. The number of rotatable bonds is 5. The molecule has 0 spiro atoms. The third kappa shape index (κ3) is 4.29. The molecule has 0 bridgehead atoms. The summed E-state index contributed by atoms with van der Waals surface area (Å²) in [6.07, 6.45) is 0.536. The molecule has 2 aliphatic heterocycles. The molecule has 2 aromatic rings. The van der Waals surface area contributed by atoms with E-state index in [4.69, 9.17) is 4.74 Å². The minimum atomic E-state index is -0.434. The number of hydrogen-bond acceptors (Lipinski definition) is 6. The van der Waals surface area contributed by atoms with Crippen LogP contribution in [0.3, 0.4) is 0 Å². The van der Waals surface area contributed by atoms with Gasteiger partial charge in [-0.2, -0.15) is 0 Å². The number of hydrogen-bond donors (Lipinski definition) is 2. The van der Waals surface area contributed by atoms with E-state index in [1.54, 1.807) is 28.5 Å². The van der Waals surface area contributed by atoms with Gasteiger partial charge in [-0.3, -0.25) is 9.69 Å². The smallest absolute Gasteiger partial charge is 0.410 e. The van der Waals surface area contributed by atoms with E-state index in [1.165, 1.54) is 0 Å². The molecule has 1 unspecified atom stereocenters. The lowest BCUT2D eigenvalue weighted by Crippen LogP contribution is -2.52. The average molecular weight is 455 g/mol. The molecular formula is C24H30N4O3S. The summed E-state index contributed by atoms with van der Waals surface area (Å²) in [7, 11) is 1.94. The molecule has 4 rings (SSSR count). The SMILES string of the molecule is CCC(CNC)c1ccc2c(c1)N(C(=O)Oc1ccc3c(c1)SCN3)C[C@H](C)N2C(C)=O. The third-order valence-electron chi connectivity index (χ3n) is 6.06. The second-order valence-corrected chi connectivity index (χ2v) is 9.27. The quantitative estimate of drug-likeness (QED) is 0.686. The molecule has 0 radical (unpaired) electrons. The van der Waals surface area contributed by atoms with E-state index in [0.717, 1.165) is 40.7 Å². The van der Waals surface area contributed by atoms with Gasteiger partial charge in [-0.25, -0.2) is 4.79 Å². The Morgan fingerprint density at radius 1 is 1.25 bits per heavy atom. The molecular weight excluding hydrogens is 424 g/mol. The predicted octanol–water partition coefficient (Wildman–Crippen LogP) is 4.64. The van der Waals surface area contributed by atoms with Crippen molar-refractivity contribution in [3.05, 3.63) is 42.0 Å². The molecule has 0 saturated heterocycles. The second-order valence-electron chi connectivity index (χ2n) is 8.25. The molecule has 0 aliphatic carbocycles. The number of anilines is 3. The van der Waals surface area contributed by atoms with Crippen LogP contribution in [-0.2, 0) is 4.79 Å². The summed E-state index contributed by atoms with van der Waals surface area (Å²) in [6.45, 7) is 6.88. The van der Waals surface area contributed by atoms with Gasteiger partial charge in [0.1, 0.15) is 5.75 Å². The normalized spacial score (nSPS) is 17.9. The van der Waals surface area contributed by atoms with E-state index in [-0.39, 0.29) is 11.9 Å². The summed E-state index contributed by atoms with van der Waals surface area (Å²) in [5.74, 6) is 1.61. The van der Waals surface area contributed by atoms with Gasteiger partial charge in [0.2, 0.25) is 5.91 Å². The van der Waals surface area contributed by atoms with Gasteiger partial charge in [0, 0.05) is 30.6 Å². The Balaban J connectivity index is 1.68. The fraction of sp³-hybridized carbons (Fsp3) is 0.417. The van der Waals surface area contributed by atoms with Crippen molar-refractivity contribution in [2.45, 2.75) is 44.0 Å². The molecule has 7 nitrogen and oxygen atoms in total. The standard InChI is InChI=1S/C24H30N4O3S/c1-5-17(12-25-4)18-6-9-21-22(10-18)27(13-15(2)28(21)16(3)29)24(30)31-19-7-8-20-23(11-19)32-14-26-20/h6-11,15,17,25-26H,5,12-14H2,1-4H3/t15-,17?/m0/s1. The molecule has 8 heteroatoms. The molecule has 2 aromatic carbocycles. The van der Waals surface area contributed by atoms with Crippen molar-refractivity contribution >= 4 is 40.8 Å². The first-order valence-electron chi connectivity index (χ1n) is 11.0. The van der Waals surface area contributed by atoms with Gasteiger partial charge >= 0.3 is 6.09 Å². The van der Waals surface area contributed by atoms with Gasteiger partial charge in [0.15, 0.2) is 0 Å². The summed E-state index contributed by atoms with van der Waals surface area (Å²) in [6, 6.07) is 11.5. The van der Waals surface area contributed by atoms with Crippen molar-refractivity contribution in [1.82, 2.24) is 5.32 Å². The Morgan fingerprint density at radius 3 is 2.78 bits per heavy atom. The van der Waals surface area contributed by atoms with Crippen LogP contribution >= 0.6 is 11.8 Å². The van der Waals surface area contributed by atoms with Crippen LogP contribution in [0.5, 0.6) is 5.75 Å². The van der Waals surface area contributed by atoms with Crippen LogP contribution in [0.1, 0.15) is 38.7 Å². The Kier molecular flexibility index (Phi) is 6.62. The number of carbonyl (C=O) groups is 2. The van der Waals surface area contributed by atoms with Gasteiger partial charge < -0.3 is 20.3 Å². The Bertz CT molecular complexity index is 1030. The number of likely N-dealkylation sites (N-methyl/N-ethyl adjacent to an activating group) is 1. The lowest BCUT2D eigenvalue weighted by atomic mass is 9.94. The van der Waals surface area contributed by atoms with Gasteiger partial charge in [0.25, 0.3) is 0 Å². The van der Waals surface area contributed by atoms with Gasteiger partial charge in [-0.05, 0) is 62.2 Å².